The number of esters is 1. The van der Waals surface area contributed by atoms with Crippen LogP contribution in [-0.4, -0.2) is 30.0 Å². The zero-order chi connectivity index (χ0) is 8.69. The van der Waals surface area contributed by atoms with Crippen molar-refractivity contribution < 1.29 is 14.0 Å². The van der Waals surface area contributed by atoms with Gasteiger partial charge in [-0.3, -0.25) is 4.79 Å². The molecule has 0 saturated heterocycles. The van der Waals surface area contributed by atoms with Crippen LogP contribution in [0.3, 0.4) is 0 Å². The summed E-state index contributed by atoms with van der Waals surface area (Å²) in [5.41, 5.74) is 0.569. The first-order valence-electron chi connectivity index (χ1n) is 3.76. The smallest absolute Gasteiger partial charge is 0.305 e. The molecule has 4 heteroatoms. The molecule has 0 rings (SSSR count). The Morgan fingerprint density at radius 1 is 1.55 bits per heavy atom. The molecule has 3 nitrogen and oxygen atoms in total. The van der Waals surface area contributed by atoms with Gasteiger partial charge in [0, 0.05) is 13.5 Å². The number of carbonyl (C=O) groups is 1. The molecule has 66 valence electrons. The second kappa shape index (κ2) is 6.36. The van der Waals surface area contributed by atoms with E-state index in [-0.39, 0.29) is 5.97 Å². The zero-order valence-electron chi connectivity index (χ0n) is 7.42. The van der Waals surface area contributed by atoms with Crippen molar-refractivity contribution in [1.82, 2.24) is 0 Å². The molecule has 0 aliphatic heterocycles. The predicted molar refractivity (Wildman–Crippen MR) is 46.2 cm³/mol. The van der Waals surface area contributed by atoms with Crippen LogP contribution in [0.25, 0.3) is 0 Å². The fourth-order valence-corrected chi connectivity index (χ4v) is 1.77. The maximum atomic E-state index is 10.7. The molecule has 11 heavy (non-hydrogen) atoms. The Hall–Kier alpha value is -0.353. The van der Waals surface area contributed by atoms with Crippen LogP contribution in [0.15, 0.2) is 0 Å². The van der Waals surface area contributed by atoms with Gasteiger partial charge in [0.05, 0.1) is 7.11 Å². The van der Waals surface area contributed by atoms with Crippen LogP contribution in [0, 0.1) is 0 Å². The van der Waals surface area contributed by atoms with Crippen molar-refractivity contribution in [2.24, 2.45) is 0 Å². The van der Waals surface area contributed by atoms with Crippen molar-refractivity contribution >= 4 is 15.7 Å². The van der Waals surface area contributed by atoms with Crippen molar-refractivity contribution in [2.75, 3.05) is 14.2 Å². The van der Waals surface area contributed by atoms with Crippen molar-refractivity contribution in [2.45, 2.75) is 25.3 Å². The molecule has 0 aliphatic carbocycles. The van der Waals surface area contributed by atoms with Crippen LogP contribution in [0.4, 0.5) is 0 Å². The summed E-state index contributed by atoms with van der Waals surface area (Å²) in [6, 6.07) is 0. The maximum absolute atomic E-state index is 10.7. The highest BCUT2D eigenvalue weighted by molar-refractivity contribution is 6.29. The highest BCUT2D eigenvalue weighted by Gasteiger charge is 2.06. The van der Waals surface area contributed by atoms with Gasteiger partial charge in [-0.2, -0.15) is 0 Å². The number of rotatable bonds is 5. The quantitative estimate of drug-likeness (QED) is 0.451. The molecule has 0 fully saturated rings. The molecule has 0 heterocycles. The Labute approximate surface area is 70.0 Å². The van der Waals surface area contributed by atoms with Gasteiger partial charge >= 0.3 is 5.97 Å². The van der Waals surface area contributed by atoms with Crippen molar-refractivity contribution in [3.8, 4) is 0 Å². The number of hydrogen-bond acceptors (Lipinski definition) is 3. The van der Waals surface area contributed by atoms with Gasteiger partial charge in [0.15, 0.2) is 9.76 Å². The fraction of sp³-hybridized carbons (Fsp3) is 0.857. The third-order valence-electron chi connectivity index (χ3n) is 1.52. The molecular formula is C7H16O3Si. The lowest BCUT2D eigenvalue weighted by molar-refractivity contribution is -0.140. The van der Waals surface area contributed by atoms with Crippen LogP contribution >= 0.6 is 0 Å². The number of methoxy groups -OCH3 is 1. The number of carbonyl (C=O) groups excluding carboxylic acids is 1. The van der Waals surface area contributed by atoms with E-state index in [4.69, 9.17) is 4.43 Å². The summed E-state index contributed by atoms with van der Waals surface area (Å²) in [6.07, 6.45) is 1.42. The first kappa shape index (κ1) is 10.6. The summed E-state index contributed by atoms with van der Waals surface area (Å²) < 4.78 is 9.57. The highest BCUT2D eigenvalue weighted by Crippen LogP contribution is 2.10. The molecule has 0 aliphatic rings. The fourth-order valence-electron chi connectivity index (χ4n) is 0.834. The van der Waals surface area contributed by atoms with Gasteiger partial charge < -0.3 is 9.16 Å². The molecule has 0 amide bonds. The monoisotopic (exact) mass is 176 g/mol. The molecular weight excluding hydrogens is 160 g/mol. The first-order valence-corrected chi connectivity index (χ1v) is 5.15. The van der Waals surface area contributed by atoms with E-state index in [1.54, 1.807) is 7.11 Å². The molecule has 0 aromatic rings. The molecule has 1 unspecified atom stereocenters. The summed E-state index contributed by atoms with van der Waals surface area (Å²) in [4.78, 5) is 10.7. The normalized spacial score (nSPS) is 13.7. The molecule has 0 bridgehead atoms. The van der Waals surface area contributed by atoms with E-state index in [2.05, 4.69) is 11.7 Å². The molecule has 0 saturated carbocycles. The maximum Gasteiger partial charge on any atom is 0.305 e. The lowest BCUT2D eigenvalue weighted by atomic mass is 10.2. The lowest BCUT2D eigenvalue weighted by Crippen LogP contribution is -2.06. The highest BCUT2D eigenvalue weighted by atomic mass is 28.2. The second-order valence-corrected chi connectivity index (χ2v) is 4.98. The Balaban J connectivity index is 3.29. The van der Waals surface area contributed by atoms with Crippen LogP contribution in [0.1, 0.15) is 19.8 Å². The van der Waals surface area contributed by atoms with E-state index in [0.717, 1.165) is 6.42 Å². The van der Waals surface area contributed by atoms with E-state index < -0.39 is 9.76 Å². The van der Waals surface area contributed by atoms with Crippen molar-refractivity contribution in [3.05, 3.63) is 0 Å². The summed E-state index contributed by atoms with van der Waals surface area (Å²) in [6.45, 7) is 2.11. The average molecular weight is 176 g/mol. The van der Waals surface area contributed by atoms with E-state index in [1.165, 1.54) is 7.11 Å². The Bertz CT molecular complexity index is 116. The van der Waals surface area contributed by atoms with Crippen LogP contribution in [-0.2, 0) is 14.0 Å². The zero-order valence-corrected chi connectivity index (χ0v) is 8.84. The molecule has 1 atom stereocenters. The average Bonchev–Trinajstić information content (AvgIpc) is 2.01. The van der Waals surface area contributed by atoms with E-state index in [9.17, 15) is 4.79 Å². The summed E-state index contributed by atoms with van der Waals surface area (Å²) in [7, 11) is 2.73. The van der Waals surface area contributed by atoms with Crippen LogP contribution in [0.2, 0.25) is 5.54 Å². The lowest BCUT2D eigenvalue weighted by Gasteiger charge is -2.06. The Kier molecular flexibility index (Phi) is 6.16. The summed E-state index contributed by atoms with van der Waals surface area (Å²) in [5.74, 6) is -0.123. The molecule has 0 spiro atoms. The van der Waals surface area contributed by atoms with Gasteiger partial charge in [0.1, 0.15) is 0 Å². The van der Waals surface area contributed by atoms with Gasteiger partial charge in [-0.05, 0) is 12.0 Å². The summed E-state index contributed by atoms with van der Waals surface area (Å²) in [5, 5.41) is 0. The molecule has 0 aromatic carbocycles. The molecule has 0 N–H and O–H groups in total. The third kappa shape index (κ3) is 6.06. The minimum Gasteiger partial charge on any atom is -0.469 e. The van der Waals surface area contributed by atoms with Crippen molar-refractivity contribution in [1.29, 1.82) is 0 Å². The standard InChI is InChI=1S/C7H16O3Si/c1-6(11-10-3)4-5-7(8)9-2/h6H,4-5,11H2,1-3H3. The van der Waals surface area contributed by atoms with Crippen molar-refractivity contribution in [3.63, 3.8) is 0 Å². The largest absolute Gasteiger partial charge is 0.469 e. The number of hydrogen-bond donors (Lipinski definition) is 0. The van der Waals surface area contributed by atoms with Gasteiger partial charge in [0.25, 0.3) is 0 Å². The first-order chi connectivity index (χ1) is 5.20. The SMILES string of the molecule is CO[SiH2]C(C)CCC(=O)OC. The van der Waals surface area contributed by atoms with Crippen LogP contribution in [0.5, 0.6) is 0 Å². The topological polar surface area (TPSA) is 35.5 Å². The minimum absolute atomic E-state index is 0.123. The van der Waals surface area contributed by atoms with E-state index in [0.29, 0.717) is 12.0 Å². The van der Waals surface area contributed by atoms with Gasteiger partial charge in [0.2, 0.25) is 0 Å². The van der Waals surface area contributed by atoms with Gasteiger partial charge in [-0.25, -0.2) is 0 Å². The Morgan fingerprint density at radius 2 is 2.18 bits per heavy atom. The third-order valence-corrected chi connectivity index (χ3v) is 2.83. The van der Waals surface area contributed by atoms with E-state index in [1.807, 2.05) is 0 Å². The number of ether oxygens (including phenoxy) is 1. The second-order valence-electron chi connectivity index (χ2n) is 2.68. The van der Waals surface area contributed by atoms with Gasteiger partial charge in [-0.1, -0.05) is 6.92 Å². The summed E-state index contributed by atoms with van der Waals surface area (Å²) >= 11 is 0. The van der Waals surface area contributed by atoms with Crippen LogP contribution < -0.4 is 0 Å². The minimum atomic E-state index is -0.412. The molecule has 0 radical (unpaired) electrons. The van der Waals surface area contributed by atoms with E-state index >= 15 is 0 Å². The predicted octanol–water partition coefficient (Wildman–Crippen LogP) is 0.478. The molecule has 0 aromatic heterocycles. The Morgan fingerprint density at radius 3 is 2.64 bits per heavy atom. The van der Waals surface area contributed by atoms with Gasteiger partial charge in [-0.15, -0.1) is 0 Å².